The molecule has 23 heavy (non-hydrogen) atoms. The van der Waals surface area contributed by atoms with Crippen molar-refractivity contribution in [1.29, 1.82) is 0 Å². The second-order valence-corrected chi connectivity index (χ2v) is 6.64. The van der Waals surface area contributed by atoms with E-state index in [0.717, 1.165) is 16.1 Å². The van der Waals surface area contributed by atoms with E-state index in [1.807, 2.05) is 13.8 Å². The van der Waals surface area contributed by atoms with Gasteiger partial charge in [-0.3, -0.25) is 9.48 Å². The van der Waals surface area contributed by atoms with Crippen molar-refractivity contribution in [2.24, 2.45) is 0 Å². The molecular formula is C17H18N4OS. The summed E-state index contributed by atoms with van der Waals surface area (Å²) in [6.45, 7) is 5.88. The molecule has 0 spiro atoms. The lowest BCUT2D eigenvalue weighted by molar-refractivity contribution is -0.119. The van der Waals surface area contributed by atoms with Crippen LogP contribution in [0.2, 0.25) is 0 Å². The summed E-state index contributed by atoms with van der Waals surface area (Å²) in [5.74, 6) is -0.127. The molecule has 0 aliphatic heterocycles. The molecule has 0 aliphatic carbocycles. The molecule has 3 rings (SSSR count). The van der Waals surface area contributed by atoms with Gasteiger partial charge in [0.1, 0.15) is 6.04 Å². The van der Waals surface area contributed by atoms with Crippen LogP contribution < -0.4 is 5.32 Å². The van der Waals surface area contributed by atoms with Crippen molar-refractivity contribution in [3.05, 3.63) is 53.2 Å². The highest BCUT2D eigenvalue weighted by Gasteiger charge is 2.18. The summed E-state index contributed by atoms with van der Waals surface area (Å²) >= 11 is 1.48. The molecule has 1 amide bonds. The van der Waals surface area contributed by atoms with E-state index in [1.165, 1.54) is 16.9 Å². The third kappa shape index (κ3) is 3.32. The molecular weight excluding hydrogens is 308 g/mol. The minimum absolute atomic E-state index is 0.127. The maximum absolute atomic E-state index is 12.3. The second-order valence-electron chi connectivity index (χ2n) is 5.44. The van der Waals surface area contributed by atoms with Crippen molar-refractivity contribution in [2.75, 3.05) is 5.32 Å². The average molecular weight is 326 g/mol. The first-order chi connectivity index (χ1) is 11.0. The monoisotopic (exact) mass is 326 g/mol. The molecule has 3 aromatic rings. The van der Waals surface area contributed by atoms with Crippen molar-refractivity contribution in [2.45, 2.75) is 26.8 Å². The van der Waals surface area contributed by atoms with Gasteiger partial charge in [-0.1, -0.05) is 29.8 Å². The number of aromatic nitrogens is 3. The summed E-state index contributed by atoms with van der Waals surface area (Å²) in [7, 11) is 0. The number of hydrogen-bond acceptors (Lipinski definition) is 4. The van der Waals surface area contributed by atoms with Crippen molar-refractivity contribution in [3.63, 3.8) is 0 Å². The van der Waals surface area contributed by atoms with E-state index < -0.39 is 0 Å². The van der Waals surface area contributed by atoms with Crippen LogP contribution in [0, 0.1) is 13.8 Å². The lowest BCUT2D eigenvalue weighted by atomic mass is 10.1. The van der Waals surface area contributed by atoms with Crippen LogP contribution in [0.25, 0.3) is 11.3 Å². The minimum atomic E-state index is -0.378. The number of nitrogens with zero attached hydrogens (tertiary/aromatic N) is 3. The third-order valence-corrected chi connectivity index (χ3v) is 4.54. The Labute approximate surface area is 139 Å². The Kier molecular flexibility index (Phi) is 4.25. The van der Waals surface area contributed by atoms with E-state index >= 15 is 0 Å². The Balaban J connectivity index is 1.78. The number of amides is 1. The molecule has 5 nitrogen and oxygen atoms in total. The smallest absolute Gasteiger partial charge is 0.250 e. The molecule has 118 valence electrons. The summed E-state index contributed by atoms with van der Waals surface area (Å²) in [5.41, 5.74) is 3.19. The van der Waals surface area contributed by atoms with Gasteiger partial charge in [0.25, 0.3) is 5.91 Å². The summed E-state index contributed by atoms with van der Waals surface area (Å²) in [4.78, 5) is 18.0. The molecule has 0 fully saturated rings. The quantitative estimate of drug-likeness (QED) is 0.793. The number of aryl methyl sites for hydroxylation is 2. The number of thiazole rings is 1. The molecule has 1 N–H and O–H groups in total. The Morgan fingerprint density at radius 1 is 1.26 bits per heavy atom. The Bertz CT molecular complexity index is 806. The number of benzene rings is 1. The molecule has 2 aromatic heterocycles. The molecule has 1 aromatic carbocycles. The van der Waals surface area contributed by atoms with Crippen molar-refractivity contribution in [1.82, 2.24) is 14.8 Å². The zero-order valence-electron chi connectivity index (χ0n) is 13.3. The highest BCUT2D eigenvalue weighted by molar-refractivity contribution is 7.16. The normalized spacial score (nSPS) is 12.1. The minimum Gasteiger partial charge on any atom is -0.300 e. The van der Waals surface area contributed by atoms with E-state index in [9.17, 15) is 4.79 Å². The van der Waals surface area contributed by atoms with Gasteiger partial charge in [-0.15, -0.1) is 11.3 Å². The van der Waals surface area contributed by atoms with Crippen LogP contribution in [0.4, 0.5) is 5.13 Å². The van der Waals surface area contributed by atoms with Crippen LogP contribution in [0.3, 0.4) is 0 Å². The fourth-order valence-electron chi connectivity index (χ4n) is 2.27. The maximum atomic E-state index is 12.3. The van der Waals surface area contributed by atoms with Gasteiger partial charge in [0.2, 0.25) is 0 Å². The first-order valence-corrected chi connectivity index (χ1v) is 8.20. The van der Waals surface area contributed by atoms with E-state index in [0.29, 0.717) is 5.13 Å². The molecule has 6 heteroatoms. The van der Waals surface area contributed by atoms with E-state index in [4.69, 9.17) is 0 Å². The maximum Gasteiger partial charge on any atom is 0.250 e. The van der Waals surface area contributed by atoms with Crippen LogP contribution in [-0.2, 0) is 4.79 Å². The fraction of sp³-hybridized carbons (Fsp3) is 0.235. The van der Waals surface area contributed by atoms with Gasteiger partial charge in [0.05, 0.1) is 5.69 Å². The van der Waals surface area contributed by atoms with Gasteiger partial charge in [0.15, 0.2) is 5.13 Å². The zero-order valence-corrected chi connectivity index (χ0v) is 14.1. The number of rotatable bonds is 4. The first kappa shape index (κ1) is 15.4. The second kappa shape index (κ2) is 6.34. The third-order valence-electron chi connectivity index (χ3n) is 3.65. The fourth-order valence-corrected chi connectivity index (χ4v) is 3.11. The van der Waals surface area contributed by atoms with Crippen LogP contribution >= 0.6 is 11.3 Å². The molecule has 1 atom stereocenters. The SMILES string of the molecule is Cc1ccc(-c2nc(NC(=O)C(C)n3cccn3)sc2C)cc1. The van der Waals surface area contributed by atoms with Gasteiger partial charge in [-0.2, -0.15) is 5.10 Å². The standard InChI is InChI=1S/C17H18N4OS/c1-11-5-7-14(8-6-11)15-13(3)23-17(19-15)20-16(22)12(2)21-10-4-9-18-21/h4-10,12H,1-3H3,(H,19,20,22). The Morgan fingerprint density at radius 3 is 2.65 bits per heavy atom. The largest absolute Gasteiger partial charge is 0.300 e. The molecule has 2 heterocycles. The lowest BCUT2D eigenvalue weighted by Gasteiger charge is -2.10. The summed E-state index contributed by atoms with van der Waals surface area (Å²) in [5, 5.41) is 7.59. The zero-order chi connectivity index (χ0) is 16.4. The highest BCUT2D eigenvalue weighted by atomic mass is 32.1. The number of anilines is 1. The number of nitrogens with one attached hydrogen (secondary N) is 1. The number of hydrogen-bond donors (Lipinski definition) is 1. The summed E-state index contributed by atoms with van der Waals surface area (Å²) < 4.78 is 1.62. The van der Waals surface area contributed by atoms with Crippen molar-refractivity contribution < 1.29 is 4.79 Å². The van der Waals surface area contributed by atoms with E-state index in [-0.39, 0.29) is 11.9 Å². The molecule has 0 aliphatic rings. The predicted molar refractivity (Wildman–Crippen MR) is 92.6 cm³/mol. The van der Waals surface area contributed by atoms with Crippen LogP contribution in [0.5, 0.6) is 0 Å². The number of carbonyl (C=O) groups is 1. The summed E-state index contributed by atoms with van der Waals surface area (Å²) in [6, 6.07) is 9.65. The van der Waals surface area contributed by atoms with Crippen molar-refractivity contribution >= 4 is 22.4 Å². The molecule has 0 saturated carbocycles. The van der Waals surface area contributed by atoms with Gasteiger partial charge in [-0.25, -0.2) is 4.98 Å². The van der Waals surface area contributed by atoms with Crippen molar-refractivity contribution in [3.8, 4) is 11.3 Å². The Morgan fingerprint density at radius 2 is 2.00 bits per heavy atom. The van der Waals surface area contributed by atoms with Crippen LogP contribution in [-0.4, -0.2) is 20.7 Å². The predicted octanol–water partition coefficient (Wildman–Crippen LogP) is 3.82. The number of carbonyl (C=O) groups excluding carboxylic acids is 1. The molecule has 0 bridgehead atoms. The topological polar surface area (TPSA) is 59.8 Å². The van der Waals surface area contributed by atoms with E-state index in [2.05, 4.69) is 46.6 Å². The van der Waals surface area contributed by atoms with Crippen LogP contribution in [0.1, 0.15) is 23.4 Å². The van der Waals surface area contributed by atoms with Crippen LogP contribution in [0.15, 0.2) is 42.7 Å². The molecule has 0 saturated heterocycles. The Hall–Kier alpha value is -2.47. The van der Waals surface area contributed by atoms with Gasteiger partial charge < -0.3 is 5.32 Å². The molecule has 1 unspecified atom stereocenters. The average Bonchev–Trinajstić information content (AvgIpc) is 3.17. The lowest BCUT2D eigenvalue weighted by Crippen LogP contribution is -2.23. The van der Waals surface area contributed by atoms with Gasteiger partial charge in [-0.05, 0) is 26.8 Å². The van der Waals surface area contributed by atoms with E-state index in [1.54, 1.807) is 23.1 Å². The highest BCUT2D eigenvalue weighted by Crippen LogP contribution is 2.30. The molecule has 0 radical (unpaired) electrons. The first-order valence-electron chi connectivity index (χ1n) is 7.39. The van der Waals surface area contributed by atoms with Gasteiger partial charge >= 0.3 is 0 Å². The summed E-state index contributed by atoms with van der Waals surface area (Å²) in [6.07, 6.45) is 3.43. The van der Waals surface area contributed by atoms with Gasteiger partial charge in [0, 0.05) is 22.8 Å².